The van der Waals surface area contributed by atoms with E-state index in [1.165, 1.54) is 0 Å². The Labute approximate surface area is 183 Å². The molecule has 1 heterocycles. The van der Waals surface area contributed by atoms with Crippen LogP contribution >= 0.6 is 0 Å². The van der Waals surface area contributed by atoms with Gasteiger partial charge in [-0.05, 0) is 30.5 Å². The molecule has 2 fully saturated rings. The first-order valence-electron chi connectivity index (χ1n) is 11.2. The molecule has 2 amide bonds. The summed E-state index contributed by atoms with van der Waals surface area (Å²) in [5.41, 5.74) is 1.53. The smallest absolute Gasteiger partial charge is 0.247 e. The second kappa shape index (κ2) is 9.52. The number of aliphatic hydroxyl groups excluding tert-OH is 1. The first-order chi connectivity index (χ1) is 15.1. The lowest BCUT2D eigenvalue weighted by Gasteiger charge is -2.38. The molecule has 0 bridgehead atoms. The number of piperazine rings is 1. The number of para-hydroxylation sites is 1. The van der Waals surface area contributed by atoms with Gasteiger partial charge in [-0.1, -0.05) is 61.4 Å². The second-order valence-corrected chi connectivity index (χ2v) is 8.51. The number of carbonyl (C=O) groups excluding carboxylic acids is 2. The van der Waals surface area contributed by atoms with Crippen LogP contribution in [0.3, 0.4) is 0 Å². The third-order valence-electron chi connectivity index (χ3n) is 6.72. The SMILES string of the molecule is O=C(C(CO)NC(=O)C1(c2ccccc2)CCCC1)N1CCN(c2ccccc2)CC1. The molecular formula is C25H31N3O3. The zero-order chi connectivity index (χ0) is 21.7. The highest BCUT2D eigenvalue weighted by Crippen LogP contribution is 2.41. The zero-order valence-electron chi connectivity index (χ0n) is 17.9. The fourth-order valence-corrected chi connectivity index (χ4v) is 4.91. The van der Waals surface area contributed by atoms with Gasteiger partial charge in [0.05, 0.1) is 12.0 Å². The van der Waals surface area contributed by atoms with Gasteiger partial charge in [-0.15, -0.1) is 0 Å². The van der Waals surface area contributed by atoms with Crippen molar-refractivity contribution in [1.29, 1.82) is 0 Å². The normalized spacial score (nSPS) is 19.1. The Balaban J connectivity index is 1.40. The van der Waals surface area contributed by atoms with Crippen molar-refractivity contribution in [3.8, 4) is 0 Å². The maximum atomic E-state index is 13.4. The van der Waals surface area contributed by atoms with Gasteiger partial charge in [0.1, 0.15) is 6.04 Å². The number of benzene rings is 2. The molecule has 1 aliphatic carbocycles. The van der Waals surface area contributed by atoms with Crippen molar-refractivity contribution in [3.05, 3.63) is 66.2 Å². The number of hydrogen-bond acceptors (Lipinski definition) is 4. The summed E-state index contributed by atoms with van der Waals surface area (Å²) >= 11 is 0. The van der Waals surface area contributed by atoms with Gasteiger partial charge in [0.2, 0.25) is 11.8 Å². The molecule has 6 nitrogen and oxygen atoms in total. The standard InChI is InChI=1S/C25H31N3O3/c29-19-22(23(30)28-17-15-27(16-18-28)21-11-5-2-6-12-21)26-24(31)25(13-7-8-14-25)20-9-3-1-4-10-20/h1-6,9-12,22,29H,7-8,13-19H2,(H,26,31). The van der Waals surface area contributed by atoms with Crippen LogP contribution < -0.4 is 10.2 Å². The maximum absolute atomic E-state index is 13.4. The van der Waals surface area contributed by atoms with Crippen molar-refractivity contribution < 1.29 is 14.7 Å². The molecule has 1 atom stereocenters. The molecule has 1 unspecified atom stereocenters. The number of aliphatic hydroxyl groups is 1. The third-order valence-corrected chi connectivity index (χ3v) is 6.72. The van der Waals surface area contributed by atoms with Gasteiger partial charge >= 0.3 is 0 Å². The van der Waals surface area contributed by atoms with Crippen molar-refractivity contribution in [3.63, 3.8) is 0 Å². The average Bonchev–Trinajstić information content (AvgIpc) is 3.35. The van der Waals surface area contributed by atoms with Crippen LogP contribution in [0.4, 0.5) is 5.69 Å². The molecule has 2 N–H and O–H groups in total. The van der Waals surface area contributed by atoms with E-state index in [1.807, 2.05) is 48.5 Å². The van der Waals surface area contributed by atoms with Gasteiger partial charge in [0, 0.05) is 31.9 Å². The number of amides is 2. The first kappa shape index (κ1) is 21.4. The summed E-state index contributed by atoms with van der Waals surface area (Å²) in [4.78, 5) is 30.5. The van der Waals surface area contributed by atoms with Gasteiger partial charge in [-0.3, -0.25) is 9.59 Å². The topological polar surface area (TPSA) is 72.9 Å². The van der Waals surface area contributed by atoms with Crippen LogP contribution in [-0.4, -0.2) is 60.6 Å². The lowest BCUT2D eigenvalue weighted by Crippen LogP contribution is -2.58. The molecule has 164 valence electrons. The number of nitrogens with one attached hydrogen (secondary N) is 1. The van der Waals surface area contributed by atoms with Crippen LogP contribution in [0.5, 0.6) is 0 Å². The molecule has 4 rings (SSSR count). The lowest BCUT2D eigenvalue weighted by atomic mass is 9.78. The Morgan fingerprint density at radius 2 is 1.48 bits per heavy atom. The molecule has 31 heavy (non-hydrogen) atoms. The Bertz CT molecular complexity index is 873. The largest absolute Gasteiger partial charge is 0.394 e. The molecule has 6 heteroatoms. The number of nitrogens with zero attached hydrogens (tertiary/aromatic N) is 2. The van der Waals surface area contributed by atoms with Crippen molar-refractivity contribution in [1.82, 2.24) is 10.2 Å². The molecule has 1 saturated carbocycles. The van der Waals surface area contributed by atoms with Crippen LogP contribution in [0, 0.1) is 0 Å². The first-order valence-corrected chi connectivity index (χ1v) is 11.2. The number of hydrogen-bond donors (Lipinski definition) is 2. The van der Waals surface area contributed by atoms with E-state index in [0.29, 0.717) is 13.1 Å². The van der Waals surface area contributed by atoms with Crippen LogP contribution in [0.2, 0.25) is 0 Å². The van der Waals surface area contributed by atoms with Crippen LogP contribution in [0.1, 0.15) is 31.2 Å². The summed E-state index contributed by atoms with van der Waals surface area (Å²) in [5, 5.41) is 12.8. The van der Waals surface area contributed by atoms with E-state index in [9.17, 15) is 14.7 Å². The molecule has 0 spiro atoms. The van der Waals surface area contributed by atoms with Gasteiger partial charge in [0.15, 0.2) is 0 Å². The Kier molecular flexibility index (Phi) is 6.56. The van der Waals surface area contributed by atoms with Crippen molar-refractivity contribution in [2.24, 2.45) is 0 Å². The fraction of sp³-hybridized carbons (Fsp3) is 0.440. The molecule has 2 aromatic rings. The van der Waals surface area contributed by atoms with Crippen molar-refractivity contribution in [2.75, 3.05) is 37.7 Å². The van der Waals surface area contributed by atoms with E-state index in [1.54, 1.807) is 4.90 Å². The van der Waals surface area contributed by atoms with Crippen LogP contribution in [-0.2, 0) is 15.0 Å². The van der Waals surface area contributed by atoms with E-state index < -0.39 is 18.1 Å². The Morgan fingerprint density at radius 1 is 0.903 bits per heavy atom. The Morgan fingerprint density at radius 3 is 2.06 bits per heavy atom. The molecular weight excluding hydrogens is 390 g/mol. The minimum atomic E-state index is -0.906. The summed E-state index contributed by atoms with van der Waals surface area (Å²) in [7, 11) is 0. The summed E-state index contributed by atoms with van der Waals surface area (Å²) in [6, 6.07) is 19.1. The minimum Gasteiger partial charge on any atom is -0.394 e. The van der Waals surface area contributed by atoms with Gasteiger partial charge in [0.25, 0.3) is 0 Å². The monoisotopic (exact) mass is 421 g/mol. The molecule has 1 aliphatic heterocycles. The lowest BCUT2D eigenvalue weighted by molar-refractivity contribution is -0.139. The molecule has 2 aliphatic rings. The third kappa shape index (κ3) is 4.44. The predicted octanol–water partition coefficient (Wildman–Crippen LogP) is 2.32. The predicted molar refractivity (Wildman–Crippen MR) is 121 cm³/mol. The molecule has 0 aromatic heterocycles. The molecule has 0 radical (unpaired) electrons. The highest BCUT2D eigenvalue weighted by molar-refractivity contribution is 5.93. The average molecular weight is 422 g/mol. The highest BCUT2D eigenvalue weighted by atomic mass is 16.3. The van der Waals surface area contributed by atoms with Crippen LogP contribution in [0.25, 0.3) is 0 Å². The minimum absolute atomic E-state index is 0.147. The van der Waals surface area contributed by atoms with Crippen molar-refractivity contribution in [2.45, 2.75) is 37.1 Å². The van der Waals surface area contributed by atoms with E-state index >= 15 is 0 Å². The quantitative estimate of drug-likeness (QED) is 0.751. The number of rotatable bonds is 6. The summed E-state index contributed by atoms with van der Waals surface area (Å²) in [5.74, 6) is -0.351. The van der Waals surface area contributed by atoms with Crippen LogP contribution in [0.15, 0.2) is 60.7 Å². The van der Waals surface area contributed by atoms with Crippen molar-refractivity contribution >= 4 is 17.5 Å². The number of anilines is 1. The van der Waals surface area contributed by atoms with Gasteiger partial charge in [-0.2, -0.15) is 0 Å². The summed E-state index contributed by atoms with van der Waals surface area (Å²) in [6.07, 6.45) is 3.51. The summed E-state index contributed by atoms with van der Waals surface area (Å²) < 4.78 is 0. The van der Waals surface area contributed by atoms with Gasteiger partial charge < -0.3 is 20.2 Å². The van der Waals surface area contributed by atoms with E-state index in [2.05, 4.69) is 22.3 Å². The van der Waals surface area contributed by atoms with E-state index in [4.69, 9.17) is 0 Å². The maximum Gasteiger partial charge on any atom is 0.247 e. The van der Waals surface area contributed by atoms with E-state index in [0.717, 1.165) is 50.0 Å². The zero-order valence-corrected chi connectivity index (χ0v) is 17.9. The summed E-state index contributed by atoms with van der Waals surface area (Å²) in [6.45, 7) is 2.22. The van der Waals surface area contributed by atoms with Gasteiger partial charge in [-0.25, -0.2) is 0 Å². The fourth-order valence-electron chi connectivity index (χ4n) is 4.91. The second-order valence-electron chi connectivity index (χ2n) is 8.51. The Hall–Kier alpha value is -2.86. The van der Waals surface area contributed by atoms with E-state index in [-0.39, 0.29) is 11.8 Å². The molecule has 1 saturated heterocycles. The number of carbonyl (C=O) groups is 2. The highest BCUT2D eigenvalue weighted by Gasteiger charge is 2.44. The molecule has 2 aromatic carbocycles.